The normalized spacial score (nSPS) is 10.6. The zero-order valence-corrected chi connectivity index (χ0v) is 14.9. The third kappa shape index (κ3) is 3.88. The first-order chi connectivity index (χ1) is 13.2. The summed E-state index contributed by atoms with van der Waals surface area (Å²) in [5.74, 6) is 0.874. The molecule has 3 aromatic carbocycles. The number of rotatable bonds is 4. The standard InChI is InChI=1S/C21H14ClN3O2/c22-15-7-9-20(27-16-4-2-1-3-5-16)19(13-15)25-21(26)14-6-8-17-18(12-14)24-11-10-23-17/h1-13H,(H,25,26). The third-order valence-corrected chi connectivity index (χ3v) is 4.13. The van der Waals surface area contributed by atoms with Gasteiger partial charge in [-0.25, -0.2) is 0 Å². The Hall–Kier alpha value is -3.44. The third-order valence-electron chi connectivity index (χ3n) is 3.89. The summed E-state index contributed by atoms with van der Waals surface area (Å²) in [6, 6.07) is 19.6. The number of nitrogens with zero attached hydrogens (tertiary/aromatic N) is 2. The molecule has 0 fully saturated rings. The van der Waals surface area contributed by atoms with Crippen molar-refractivity contribution in [2.45, 2.75) is 0 Å². The number of halogens is 1. The number of aromatic nitrogens is 2. The number of nitrogens with one attached hydrogen (secondary N) is 1. The molecule has 4 aromatic rings. The van der Waals surface area contributed by atoms with E-state index in [9.17, 15) is 4.79 Å². The van der Waals surface area contributed by atoms with E-state index in [1.165, 1.54) is 0 Å². The SMILES string of the molecule is O=C(Nc1cc(Cl)ccc1Oc1ccccc1)c1ccc2nccnc2c1. The number of carbonyl (C=O) groups is 1. The molecule has 1 aromatic heterocycles. The molecule has 0 aliphatic rings. The predicted molar refractivity (Wildman–Crippen MR) is 105 cm³/mol. The summed E-state index contributed by atoms with van der Waals surface area (Å²) in [6.07, 6.45) is 3.20. The van der Waals surface area contributed by atoms with Crippen molar-refractivity contribution in [3.8, 4) is 11.5 Å². The number of carbonyl (C=O) groups excluding carboxylic acids is 1. The number of para-hydroxylation sites is 1. The van der Waals surface area contributed by atoms with Crippen LogP contribution in [0.25, 0.3) is 11.0 Å². The highest BCUT2D eigenvalue weighted by atomic mass is 35.5. The van der Waals surface area contributed by atoms with Gasteiger partial charge in [-0.15, -0.1) is 0 Å². The molecule has 0 radical (unpaired) electrons. The lowest BCUT2D eigenvalue weighted by atomic mass is 10.1. The average molecular weight is 376 g/mol. The van der Waals surface area contributed by atoms with Crippen molar-refractivity contribution in [2.75, 3.05) is 5.32 Å². The lowest BCUT2D eigenvalue weighted by molar-refractivity contribution is 0.102. The van der Waals surface area contributed by atoms with E-state index in [0.29, 0.717) is 33.3 Å². The molecular formula is C21H14ClN3O2. The number of hydrogen-bond acceptors (Lipinski definition) is 4. The van der Waals surface area contributed by atoms with E-state index >= 15 is 0 Å². The zero-order valence-electron chi connectivity index (χ0n) is 14.1. The molecule has 1 amide bonds. The molecule has 1 N–H and O–H groups in total. The van der Waals surface area contributed by atoms with Crippen LogP contribution in [-0.4, -0.2) is 15.9 Å². The Morgan fingerprint density at radius 3 is 2.48 bits per heavy atom. The second kappa shape index (κ2) is 7.43. The first-order valence-corrected chi connectivity index (χ1v) is 8.61. The van der Waals surface area contributed by atoms with Gasteiger partial charge in [0.2, 0.25) is 0 Å². The van der Waals surface area contributed by atoms with Crippen molar-refractivity contribution in [1.82, 2.24) is 9.97 Å². The fourth-order valence-corrected chi connectivity index (χ4v) is 2.78. The largest absolute Gasteiger partial charge is 0.455 e. The molecule has 132 valence electrons. The Morgan fingerprint density at radius 1 is 0.889 bits per heavy atom. The van der Waals surface area contributed by atoms with Crippen molar-refractivity contribution < 1.29 is 9.53 Å². The molecule has 0 saturated heterocycles. The number of hydrogen-bond donors (Lipinski definition) is 1. The lowest BCUT2D eigenvalue weighted by Gasteiger charge is -2.13. The van der Waals surface area contributed by atoms with Crippen LogP contribution in [0.15, 0.2) is 79.1 Å². The van der Waals surface area contributed by atoms with Crippen molar-refractivity contribution in [3.63, 3.8) is 0 Å². The summed E-state index contributed by atoms with van der Waals surface area (Å²) in [4.78, 5) is 21.2. The van der Waals surface area contributed by atoms with Crippen LogP contribution in [0.4, 0.5) is 5.69 Å². The van der Waals surface area contributed by atoms with E-state index in [0.717, 1.165) is 5.52 Å². The highest BCUT2D eigenvalue weighted by molar-refractivity contribution is 6.31. The second-order valence-corrected chi connectivity index (χ2v) is 6.21. The van der Waals surface area contributed by atoms with Crippen LogP contribution in [0.5, 0.6) is 11.5 Å². The summed E-state index contributed by atoms with van der Waals surface area (Å²) in [6.45, 7) is 0. The van der Waals surface area contributed by atoms with Gasteiger partial charge >= 0.3 is 0 Å². The average Bonchev–Trinajstić information content (AvgIpc) is 2.70. The van der Waals surface area contributed by atoms with E-state index in [-0.39, 0.29) is 5.91 Å². The molecule has 0 spiro atoms. The predicted octanol–water partition coefficient (Wildman–Crippen LogP) is 5.33. The van der Waals surface area contributed by atoms with Gasteiger partial charge in [0.15, 0.2) is 5.75 Å². The van der Waals surface area contributed by atoms with Gasteiger partial charge < -0.3 is 10.1 Å². The van der Waals surface area contributed by atoms with E-state index < -0.39 is 0 Å². The van der Waals surface area contributed by atoms with Crippen molar-refractivity contribution >= 4 is 34.2 Å². The molecule has 0 aliphatic carbocycles. The van der Waals surface area contributed by atoms with E-state index in [1.807, 2.05) is 30.3 Å². The summed E-state index contributed by atoms with van der Waals surface area (Å²) in [7, 11) is 0. The Morgan fingerprint density at radius 2 is 1.67 bits per heavy atom. The number of anilines is 1. The van der Waals surface area contributed by atoms with Gasteiger partial charge in [0, 0.05) is 23.0 Å². The first kappa shape index (κ1) is 17.0. The van der Waals surface area contributed by atoms with Crippen molar-refractivity contribution in [2.24, 2.45) is 0 Å². The molecule has 0 atom stereocenters. The maximum Gasteiger partial charge on any atom is 0.255 e. The number of fused-ring (bicyclic) bond motifs is 1. The number of amides is 1. The number of benzene rings is 3. The van der Waals surface area contributed by atoms with Gasteiger partial charge in [-0.3, -0.25) is 14.8 Å². The van der Waals surface area contributed by atoms with Gasteiger partial charge in [-0.2, -0.15) is 0 Å². The molecule has 0 unspecified atom stereocenters. The maximum absolute atomic E-state index is 12.7. The van der Waals surface area contributed by atoms with Crippen LogP contribution in [-0.2, 0) is 0 Å². The van der Waals surface area contributed by atoms with E-state index in [2.05, 4.69) is 15.3 Å². The molecule has 0 saturated carbocycles. The van der Waals surface area contributed by atoms with Crippen molar-refractivity contribution in [3.05, 3.63) is 89.7 Å². The van der Waals surface area contributed by atoms with Crippen LogP contribution >= 0.6 is 11.6 Å². The van der Waals surface area contributed by atoms with Gasteiger partial charge in [-0.1, -0.05) is 29.8 Å². The molecule has 6 heteroatoms. The molecule has 0 bridgehead atoms. The molecule has 27 heavy (non-hydrogen) atoms. The zero-order chi connectivity index (χ0) is 18.6. The van der Waals surface area contributed by atoms with Gasteiger partial charge in [-0.05, 0) is 48.5 Å². The lowest BCUT2D eigenvalue weighted by Crippen LogP contribution is -2.12. The van der Waals surface area contributed by atoms with Crippen molar-refractivity contribution in [1.29, 1.82) is 0 Å². The first-order valence-electron chi connectivity index (χ1n) is 8.24. The smallest absolute Gasteiger partial charge is 0.255 e. The molecule has 5 nitrogen and oxygen atoms in total. The molecule has 4 rings (SSSR count). The summed E-state index contributed by atoms with van der Waals surface area (Å²) < 4.78 is 5.88. The Balaban J connectivity index is 1.62. The minimum atomic E-state index is -0.289. The summed E-state index contributed by atoms with van der Waals surface area (Å²) >= 11 is 6.10. The van der Waals surface area contributed by atoms with Crippen LogP contribution < -0.4 is 10.1 Å². The highest BCUT2D eigenvalue weighted by Gasteiger charge is 2.12. The minimum Gasteiger partial charge on any atom is -0.455 e. The molecular weight excluding hydrogens is 362 g/mol. The monoisotopic (exact) mass is 375 g/mol. The van der Waals surface area contributed by atoms with Crippen LogP contribution in [0.2, 0.25) is 5.02 Å². The maximum atomic E-state index is 12.7. The van der Waals surface area contributed by atoms with Gasteiger partial charge in [0.1, 0.15) is 5.75 Å². The Labute approximate surface area is 160 Å². The van der Waals surface area contributed by atoms with E-state index in [4.69, 9.17) is 16.3 Å². The topological polar surface area (TPSA) is 64.1 Å². The fraction of sp³-hybridized carbons (Fsp3) is 0. The van der Waals surface area contributed by atoms with Gasteiger partial charge in [0.25, 0.3) is 5.91 Å². The molecule has 0 aliphatic heterocycles. The van der Waals surface area contributed by atoms with Crippen LogP contribution in [0, 0.1) is 0 Å². The van der Waals surface area contributed by atoms with Crippen LogP contribution in [0.1, 0.15) is 10.4 Å². The van der Waals surface area contributed by atoms with E-state index in [1.54, 1.807) is 48.8 Å². The summed E-state index contributed by atoms with van der Waals surface area (Å²) in [5, 5.41) is 3.35. The summed E-state index contributed by atoms with van der Waals surface area (Å²) in [5.41, 5.74) is 2.33. The van der Waals surface area contributed by atoms with Gasteiger partial charge in [0.05, 0.1) is 16.7 Å². The Bertz CT molecular complexity index is 1120. The quantitative estimate of drug-likeness (QED) is 0.523. The number of ether oxygens (including phenoxy) is 1. The minimum absolute atomic E-state index is 0.289. The fourth-order valence-electron chi connectivity index (χ4n) is 2.60. The highest BCUT2D eigenvalue weighted by Crippen LogP contribution is 2.32. The Kier molecular flexibility index (Phi) is 4.68. The second-order valence-electron chi connectivity index (χ2n) is 5.77. The molecule has 1 heterocycles. The van der Waals surface area contributed by atoms with Crippen LogP contribution in [0.3, 0.4) is 0 Å².